The summed E-state index contributed by atoms with van der Waals surface area (Å²) in [6, 6.07) is 9.23. The first-order valence-corrected chi connectivity index (χ1v) is 10.6. The molecule has 1 aliphatic rings. The Labute approximate surface area is 186 Å². The Morgan fingerprint density at radius 2 is 1.97 bits per heavy atom. The van der Waals surface area contributed by atoms with Gasteiger partial charge in [0, 0.05) is 35.1 Å². The van der Waals surface area contributed by atoms with E-state index in [0.717, 1.165) is 27.9 Å². The number of pyridine rings is 1. The summed E-state index contributed by atoms with van der Waals surface area (Å²) in [5.74, 6) is 0.785. The first-order valence-electron chi connectivity index (χ1n) is 10.6. The van der Waals surface area contributed by atoms with Gasteiger partial charge >= 0.3 is 0 Å². The maximum absolute atomic E-state index is 12.8. The molecular formula is C25H27N3O4. The highest BCUT2D eigenvalue weighted by atomic mass is 16.3. The lowest BCUT2D eigenvalue weighted by molar-refractivity contribution is -0.127. The van der Waals surface area contributed by atoms with Crippen LogP contribution in [0.25, 0.3) is 17.0 Å². The predicted octanol–water partition coefficient (Wildman–Crippen LogP) is 4.18. The van der Waals surface area contributed by atoms with Crippen molar-refractivity contribution in [1.29, 1.82) is 0 Å². The molecule has 32 heavy (non-hydrogen) atoms. The van der Waals surface area contributed by atoms with E-state index < -0.39 is 5.41 Å². The lowest BCUT2D eigenvalue weighted by Gasteiger charge is -2.30. The lowest BCUT2D eigenvalue weighted by Crippen LogP contribution is -2.38. The monoisotopic (exact) mass is 433 g/mol. The van der Waals surface area contributed by atoms with E-state index in [9.17, 15) is 14.4 Å². The van der Waals surface area contributed by atoms with Crippen LogP contribution < -0.4 is 10.9 Å². The molecule has 1 atom stereocenters. The van der Waals surface area contributed by atoms with E-state index in [2.05, 4.69) is 10.3 Å². The quantitative estimate of drug-likeness (QED) is 0.603. The largest absolute Gasteiger partial charge is 0.459 e. The lowest BCUT2D eigenvalue weighted by atomic mass is 9.82. The number of rotatable bonds is 4. The Hall–Kier alpha value is -3.61. The van der Waals surface area contributed by atoms with E-state index in [1.165, 1.54) is 12.2 Å². The summed E-state index contributed by atoms with van der Waals surface area (Å²) in [6.07, 6.45) is 3.40. The average Bonchev–Trinajstić information content (AvgIpc) is 3.09. The molecule has 0 unspecified atom stereocenters. The number of hydrogen-bond donors (Lipinski definition) is 2. The molecule has 3 aromatic rings. The highest BCUT2D eigenvalue weighted by molar-refractivity contribution is 5.97. The van der Waals surface area contributed by atoms with Gasteiger partial charge in [-0.3, -0.25) is 14.4 Å². The number of hydrogen-bond acceptors (Lipinski definition) is 4. The molecule has 3 heterocycles. The van der Waals surface area contributed by atoms with Crippen molar-refractivity contribution in [2.75, 3.05) is 12.4 Å². The van der Waals surface area contributed by atoms with Crippen molar-refractivity contribution in [1.82, 2.24) is 9.88 Å². The van der Waals surface area contributed by atoms with Gasteiger partial charge in [-0.1, -0.05) is 32.0 Å². The Kier molecular flexibility index (Phi) is 5.28. The zero-order valence-corrected chi connectivity index (χ0v) is 18.9. The predicted molar refractivity (Wildman–Crippen MR) is 124 cm³/mol. The highest BCUT2D eigenvalue weighted by Crippen LogP contribution is 2.33. The fraction of sp³-hybridized carbons (Fsp3) is 0.320. The molecule has 1 aromatic carbocycles. The molecule has 0 saturated heterocycles. The summed E-state index contributed by atoms with van der Waals surface area (Å²) in [5.41, 5.74) is 2.07. The van der Waals surface area contributed by atoms with Gasteiger partial charge in [0.1, 0.15) is 17.2 Å². The van der Waals surface area contributed by atoms with Gasteiger partial charge in [-0.15, -0.1) is 0 Å². The minimum atomic E-state index is -0.567. The number of likely N-dealkylation sites (N-methyl/N-ethyl adjacent to an activating group) is 1. The Bertz CT molecular complexity index is 1310. The van der Waals surface area contributed by atoms with Crippen LogP contribution in [0.5, 0.6) is 0 Å². The van der Waals surface area contributed by atoms with Crippen LogP contribution in [0.4, 0.5) is 5.82 Å². The van der Waals surface area contributed by atoms with E-state index in [-0.39, 0.29) is 23.4 Å². The van der Waals surface area contributed by atoms with Crippen molar-refractivity contribution in [3.63, 3.8) is 0 Å². The molecule has 2 amide bonds. The number of benzene rings is 1. The standard InChI is InChI=1S/C25H27N3O4/c1-14-18-8-6-7-9-19(18)32-21(14)15(2)28(5)20(29)11-10-16-12-17-13-25(3,4)24(31)27-22(17)26-23(16)30/h6-12,15H,13H2,1-5H3,(H2,26,27,30,31)/t15-/m1/s1. The molecular weight excluding hydrogens is 406 g/mol. The molecule has 0 bridgehead atoms. The first kappa shape index (κ1) is 21.6. The van der Waals surface area contributed by atoms with Gasteiger partial charge in [0.2, 0.25) is 11.8 Å². The van der Waals surface area contributed by atoms with Crippen molar-refractivity contribution in [2.45, 2.75) is 40.2 Å². The number of amides is 2. The molecule has 7 nitrogen and oxygen atoms in total. The van der Waals surface area contributed by atoms with Gasteiger partial charge < -0.3 is 19.6 Å². The van der Waals surface area contributed by atoms with Crippen LogP contribution in [0.15, 0.2) is 45.6 Å². The van der Waals surface area contributed by atoms with Crippen molar-refractivity contribution < 1.29 is 14.0 Å². The average molecular weight is 434 g/mol. The molecule has 2 N–H and O–H groups in total. The number of fused-ring (bicyclic) bond motifs is 2. The van der Waals surface area contributed by atoms with Gasteiger partial charge in [-0.05, 0) is 44.0 Å². The molecule has 0 aliphatic carbocycles. The zero-order valence-electron chi connectivity index (χ0n) is 18.9. The molecule has 0 spiro atoms. The molecule has 2 aromatic heterocycles. The van der Waals surface area contributed by atoms with Gasteiger partial charge in [-0.25, -0.2) is 0 Å². The Morgan fingerprint density at radius 1 is 1.25 bits per heavy atom. The molecule has 0 saturated carbocycles. The van der Waals surface area contributed by atoms with Crippen LogP contribution >= 0.6 is 0 Å². The van der Waals surface area contributed by atoms with Crippen LogP contribution in [0.1, 0.15) is 49.3 Å². The van der Waals surface area contributed by atoms with Crippen molar-refractivity contribution >= 4 is 34.7 Å². The summed E-state index contributed by atoms with van der Waals surface area (Å²) < 4.78 is 6.00. The number of carbonyl (C=O) groups excluding carboxylic acids is 2. The summed E-state index contributed by atoms with van der Waals surface area (Å²) in [7, 11) is 1.71. The third-order valence-electron chi connectivity index (χ3n) is 6.23. The van der Waals surface area contributed by atoms with Crippen molar-refractivity contribution in [2.24, 2.45) is 5.41 Å². The Morgan fingerprint density at radius 3 is 2.69 bits per heavy atom. The molecule has 0 radical (unpaired) electrons. The number of aromatic nitrogens is 1. The maximum Gasteiger partial charge on any atom is 0.256 e. The van der Waals surface area contributed by atoms with Crippen LogP contribution in [-0.4, -0.2) is 28.7 Å². The molecule has 166 valence electrons. The van der Waals surface area contributed by atoms with Crippen LogP contribution in [-0.2, 0) is 16.0 Å². The molecule has 7 heteroatoms. The number of nitrogens with one attached hydrogen (secondary N) is 2. The van der Waals surface area contributed by atoms with Crippen molar-refractivity contribution in [3.05, 3.63) is 69.2 Å². The van der Waals surface area contributed by atoms with Gasteiger partial charge in [-0.2, -0.15) is 0 Å². The molecule has 1 aliphatic heterocycles. The SMILES string of the molecule is Cc1c([C@@H](C)N(C)C(=O)C=Cc2cc3c([nH]c2=O)NC(=O)C(C)(C)C3)oc2ccccc12. The topological polar surface area (TPSA) is 95.4 Å². The fourth-order valence-corrected chi connectivity index (χ4v) is 4.04. The normalized spacial score (nSPS) is 16.1. The number of aromatic amines is 1. The third kappa shape index (κ3) is 3.75. The van der Waals surface area contributed by atoms with E-state index in [1.807, 2.05) is 52.0 Å². The van der Waals surface area contributed by atoms with E-state index >= 15 is 0 Å². The van der Waals surface area contributed by atoms with Gasteiger partial charge in [0.25, 0.3) is 5.56 Å². The highest BCUT2D eigenvalue weighted by Gasteiger charge is 2.34. The number of para-hydroxylation sites is 1. The number of anilines is 1. The smallest absolute Gasteiger partial charge is 0.256 e. The van der Waals surface area contributed by atoms with E-state index in [0.29, 0.717) is 17.8 Å². The number of nitrogens with zero attached hydrogens (tertiary/aromatic N) is 1. The summed E-state index contributed by atoms with van der Waals surface area (Å²) in [4.78, 5) is 41.7. The van der Waals surface area contributed by atoms with Crippen molar-refractivity contribution in [3.8, 4) is 0 Å². The second kappa shape index (κ2) is 7.82. The zero-order chi connectivity index (χ0) is 23.2. The molecule has 0 fully saturated rings. The summed E-state index contributed by atoms with van der Waals surface area (Å²) >= 11 is 0. The number of aryl methyl sites for hydroxylation is 1. The number of furan rings is 1. The minimum Gasteiger partial charge on any atom is -0.459 e. The summed E-state index contributed by atoms with van der Waals surface area (Å²) in [6.45, 7) is 7.60. The Balaban J connectivity index is 1.56. The van der Waals surface area contributed by atoms with Crippen LogP contribution in [0, 0.1) is 12.3 Å². The van der Waals surface area contributed by atoms with E-state index in [4.69, 9.17) is 4.42 Å². The van der Waals surface area contributed by atoms with E-state index in [1.54, 1.807) is 18.0 Å². The van der Waals surface area contributed by atoms with Crippen LogP contribution in [0.3, 0.4) is 0 Å². The molecule has 4 rings (SSSR count). The van der Waals surface area contributed by atoms with Gasteiger partial charge in [0.15, 0.2) is 0 Å². The summed E-state index contributed by atoms with van der Waals surface area (Å²) in [5, 5.41) is 3.78. The van der Waals surface area contributed by atoms with Crippen LogP contribution in [0.2, 0.25) is 0 Å². The second-order valence-corrected chi connectivity index (χ2v) is 9.01. The number of carbonyl (C=O) groups is 2. The third-order valence-corrected chi connectivity index (χ3v) is 6.23. The first-order chi connectivity index (χ1) is 15.1. The fourth-order valence-electron chi connectivity index (χ4n) is 4.04. The maximum atomic E-state index is 12.8. The van der Waals surface area contributed by atoms with Gasteiger partial charge in [0.05, 0.1) is 6.04 Å². The second-order valence-electron chi connectivity index (χ2n) is 9.01. The minimum absolute atomic E-state index is 0.129. The number of H-pyrrole nitrogens is 1.